The van der Waals surface area contributed by atoms with Crippen LogP contribution in [0.25, 0.3) is 0 Å². The SMILES string of the molecule is CC(C)(Cc1cccc(CC(=O)NCc2c(O)cc(Cl)cc2Cl)c1)NC[C@H](O)c1ccc(N)nc1. The number of nitrogens with zero attached hydrogens (tertiary/aromatic N) is 1. The Kier molecular flexibility index (Phi) is 8.97. The monoisotopic (exact) mass is 516 g/mol. The molecule has 0 aliphatic carbocycles. The number of aliphatic hydroxyl groups excluding tert-OH is 1. The zero-order valence-electron chi connectivity index (χ0n) is 19.7. The van der Waals surface area contributed by atoms with E-state index in [0.29, 0.717) is 40.0 Å². The van der Waals surface area contributed by atoms with E-state index in [1.165, 1.54) is 12.1 Å². The maximum atomic E-state index is 12.5. The van der Waals surface area contributed by atoms with Crippen LogP contribution in [0.4, 0.5) is 5.82 Å². The molecule has 0 radical (unpaired) electrons. The first kappa shape index (κ1) is 26.8. The number of β-amino-alcohol motifs (C(OH)–C–C–N with tert-alkyl or cyclic N) is 1. The summed E-state index contributed by atoms with van der Waals surface area (Å²) in [5, 5.41) is 27.3. The Labute approximate surface area is 215 Å². The van der Waals surface area contributed by atoms with Crippen molar-refractivity contribution in [3.63, 3.8) is 0 Å². The van der Waals surface area contributed by atoms with Gasteiger partial charge in [0.05, 0.1) is 17.5 Å². The molecule has 1 amide bonds. The molecule has 1 heterocycles. The van der Waals surface area contributed by atoms with E-state index in [9.17, 15) is 15.0 Å². The lowest BCUT2D eigenvalue weighted by atomic mass is 9.93. The highest BCUT2D eigenvalue weighted by Crippen LogP contribution is 2.29. The number of nitrogens with one attached hydrogen (secondary N) is 2. The molecule has 0 bridgehead atoms. The summed E-state index contributed by atoms with van der Waals surface area (Å²) in [5.74, 6) is 0.164. The molecule has 0 saturated carbocycles. The van der Waals surface area contributed by atoms with E-state index in [2.05, 4.69) is 29.5 Å². The van der Waals surface area contributed by atoms with Crippen molar-refractivity contribution in [2.45, 2.75) is 44.9 Å². The Morgan fingerprint density at radius 1 is 1.14 bits per heavy atom. The van der Waals surface area contributed by atoms with Gasteiger partial charge in [-0.3, -0.25) is 4.79 Å². The Bertz CT molecular complexity index is 1150. The largest absolute Gasteiger partial charge is 0.507 e. The number of pyridine rings is 1. The van der Waals surface area contributed by atoms with Crippen molar-refractivity contribution in [1.29, 1.82) is 0 Å². The van der Waals surface area contributed by atoms with Crippen molar-refractivity contribution in [3.8, 4) is 5.75 Å². The number of aliphatic hydroxyl groups is 1. The van der Waals surface area contributed by atoms with Gasteiger partial charge in [-0.1, -0.05) is 53.5 Å². The van der Waals surface area contributed by atoms with Crippen LogP contribution in [0, 0.1) is 0 Å². The molecular weight excluding hydrogens is 487 g/mol. The predicted molar refractivity (Wildman–Crippen MR) is 140 cm³/mol. The number of anilines is 1. The van der Waals surface area contributed by atoms with Crippen molar-refractivity contribution in [2.24, 2.45) is 0 Å². The lowest BCUT2D eigenvalue weighted by Gasteiger charge is -2.28. The van der Waals surface area contributed by atoms with Crippen LogP contribution in [-0.4, -0.2) is 33.2 Å². The minimum absolute atomic E-state index is 0.0581. The highest BCUT2D eigenvalue weighted by Gasteiger charge is 2.20. The first-order valence-electron chi connectivity index (χ1n) is 11.2. The molecule has 0 aliphatic heterocycles. The molecule has 186 valence electrons. The lowest BCUT2D eigenvalue weighted by molar-refractivity contribution is -0.120. The number of carbonyl (C=O) groups excluding carboxylic acids is 1. The minimum Gasteiger partial charge on any atom is -0.507 e. The number of nitrogen functional groups attached to an aromatic ring is 1. The number of nitrogens with two attached hydrogens (primary N) is 1. The number of carbonyl (C=O) groups is 1. The maximum Gasteiger partial charge on any atom is 0.224 e. The van der Waals surface area contributed by atoms with Crippen molar-refractivity contribution in [1.82, 2.24) is 15.6 Å². The second kappa shape index (κ2) is 11.7. The van der Waals surface area contributed by atoms with Gasteiger partial charge >= 0.3 is 0 Å². The molecule has 1 atom stereocenters. The number of benzene rings is 2. The van der Waals surface area contributed by atoms with Crippen LogP contribution in [-0.2, 0) is 24.2 Å². The van der Waals surface area contributed by atoms with Gasteiger partial charge < -0.3 is 26.6 Å². The summed E-state index contributed by atoms with van der Waals surface area (Å²) in [6.45, 7) is 4.58. The Balaban J connectivity index is 1.54. The molecule has 0 aliphatic rings. The van der Waals surface area contributed by atoms with Gasteiger partial charge in [0.15, 0.2) is 0 Å². The average Bonchev–Trinajstić information content (AvgIpc) is 2.77. The van der Waals surface area contributed by atoms with Crippen molar-refractivity contribution in [2.75, 3.05) is 12.3 Å². The molecular formula is C26H30Cl2N4O3. The fourth-order valence-electron chi connectivity index (χ4n) is 3.73. The van der Waals surface area contributed by atoms with Crippen LogP contribution >= 0.6 is 23.2 Å². The summed E-state index contributed by atoms with van der Waals surface area (Å²) in [6, 6.07) is 14.2. The summed E-state index contributed by atoms with van der Waals surface area (Å²) < 4.78 is 0. The fourth-order valence-corrected chi connectivity index (χ4v) is 4.28. The van der Waals surface area contributed by atoms with Crippen molar-refractivity contribution >= 4 is 34.9 Å². The number of amides is 1. The van der Waals surface area contributed by atoms with E-state index in [0.717, 1.165) is 11.1 Å². The number of aromatic hydroxyl groups is 1. The van der Waals surface area contributed by atoms with Crippen LogP contribution in [0.5, 0.6) is 5.75 Å². The zero-order valence-corrected chi connectivity index (χ0v) is 21.2. The highest BCUT2D eigenvalue weighted by molar-refractivity contribution is 6.35. The van der Waals surface area contributed by atoms with Crippen LogP contribution < -0.4 is 16.4 Å². The molecule has 2 aromatic carbocycles. The molecule has 3 rings (SSSR count). The third-order valence-electron chi connectivity index (χ3n) is 5.57. The van der Waals surface area contributed by atoms with E-state index in [1.54, 1.807) is 18.3 Å². The number of hydrogen-bond donors (Lipinski definition) is 5. The van der Waals surface area contributed by atoms with Gasteiger partial charge in [-0.2, -0.15) is 0 Å². The Morgan fingerprint density at radius 3 is 2.57 bits per heavy atom. The van der Waals surface area contributed by atoms with E-state index in [-0.39, 0.29) is 30.2 Å². The van der Waals surface area contributed by atoms with E-state index < -0.39 is 6.10 Å². The summed E-state index contributed by atoms with van der Waals surface area (Å²) in [6.07, 6.45) is 1.76. The molecule has 0 spiro atoms. The van der Waals surface area contributed by atoms with Gasteiger partial charge in [-0.25, -0.2) is 4.98 Å². The van der Waals surface area contributed by atoms with Gasteiger partial charge in [0.25, 0.3) is 0 Å². The highest BCUT2D eigenvalue weighted by atomic mass is 35.5. The van der Waals surface area contributed by atoms with E-state index in [4.69, 9.17) is 28.9 Å². The van der Waals surface area contributed by atoms with Crippen LogP contribution in [0.2, 0.25) is 10.0 Å². The lowest BCUT2D eigenvalue weighted by Crippen LogP contribution is -2.43. The van der Waals surface area contributed by atoms with E-state index >= 15 is 0 Å². The second-order valence-electron chi connectivity index (χ2n) is 9.13. The number of rotatable bonds is 10. The number of aromatic nitrogens is 1. The predicted octanol–water partition coefficient (Wildman–Crippen LogP) is 4.18. The summed E-state index contributed by atoms with van der Waals surface area (Å²) >= 11 is 12.0. The van der Waals surface area contributed by atoms with Gasteiger partial charge in [0.2, 0.25) is 5.91 Å². The maximum absolute atomic E-state index is 12.5. The van der Waals surface area contributed by atoms with Crippen LogP contribution in [0.15, 0.2) is 54.7 Å². The first-order valence-corrected chi connectivity index (χ1v) is 11.9. The third-order valence-corrected chi connectivity index (χ3v) is 6.12. The van der Waals surface area contributed by atoms with Gasteiger partial charge in [0.1, 0.15) is 11.6 Å². The number of halogens is 2. The van der Waals surface area contributed by atoms with Crippen LogP contribution in [0.1, 0.15) is 42.2 Å². The normalized spacial score (nSPS) is 12.4. The first-order chi connectivity index (χ1) is 16.5. The number of hydrogen-bond acceptors (Lipinski definition) is 6. The number of phenolic OH excluding ortho intramolecular Hbond substituents is 1. The molecule has 3 aromatic rings. The molecule has 0 unspecified atom stereocenters. The average molecular weight is 517 g/mol. The van der Waals surface area contributed by atoms with Crippen LogP contribution in [0.3, 0.4) is 0 Å². The smallest absolute Gasteiger partial charge is 0.224 e. The second-order valence-corrected chi connectivity index (χ2v) is 9.98. The summed E-state index contributed by atoms with van der Waals surface area (Å²) in [7, 11) is 0. The van der Waals surface area contributed by atoms with Gasteiger partial charge in [-0.05, 0) is 49.6 Å². The zero-order chi connectivity index (χ0) is 25.6. The summed E-state index contributed by atoms with van der Waals surface area (Å²) in [4.78, 5) is 16.5. The van der Waals surface area contributed by atoms with E-state index in [1.807, 2.05) is 24.3 Å². The molecule has 1 aromatic heterocycles. The quantitative estimate of drug-likeness (QED) is 0.275. The van der Waals surface area contributed by atoms with Crippen molar-refractivity contribution in [3.05, 3.63) is 87.0 Å². The molecule has 6 N–H and O–H groups in total. The molecule has 35 heavy (non-hydrogen) atoms. The number of phenols is 1. The topological polar surface area (TPSA) is 120 Å². The molecule has 0 saturated heterocycles. The third kappa shape index (κ3) is 8.11. The Hall–Kier alpha value is -2.84. The molecule has 0 fully saturated rings. The standard InChI is InChI=1S/C26H30Cl2N4O3/c1-26(2,32-15-23(34)18-6-7-24(29)30-13-18)12-17-5-3-4-16(8-17)9-25(35)31-14-20-21(28)10-19(27)11-22(20)33/h3-8,10-11,13,23,32-34H,9,12,14-15H2,1-2H3,(H2,29,30)(H,31,35)/t23-/m0/s1. The summed E-state index contributed by atoms with van der Waals surface area (Å²) in [5.41, 5.74) is 8.36. The van der Waals surface area contributed by atoms with Gasteiger partial charge in [-0.15, -0.1) is 0 Å². The fraction of sp³-hybridized carbons (Fsp3) is 0.308. The van der Waals surface area contributed by atoms with Gasteiger partial charge in [0, 0.05) is 41.0 Å². The Morgan fingerprint density at radius 2 is 1.89 bits per heavy atom. The minimum atomic E-state index is -0.703. The molecule has 7 nitrogen and oxygen atoms in total. The molecule has 9 heteroatoms. The van der Waals surface area contributed by atoms with Crippen molar-refractivity contribution < 1.29 is 15.0 Å².